The maximum Gasteiger partial charge on any atom is 0.0457 e. The van der Waals surface area contributed by atoms with Crippen LogP contribution in [-0.2, 0) is 6.42 Å². The maximum absolute atomic E-state index is 3.54. The van der Waals surface area contributed by atoms with Crippen molar-refractivity contribution in [1.82, 2.24) is 9.97 Å². The van der Waals surface area contributed by atoms with Gasteiger partial charge in [0.25, 0.3) is 0 Å². The molecule has 4 rings (SSSR count). The third kappa shape index (κ3) is 1.95. The quantitative estimate of drug-likeness (QED) is 0.520. The smallest absolute Gasteiger partial charge is 0.0457 e. The van der Waals surface area contributed by atoms with Crippen LogP contribution in [0.3, 0.4) is 0 Å². The normalized spacial score (nSPS) is 11.4. The molecule has 2 aromatic heterocycles. The van der Waals surface area contributed by atoms with Gasteiger partial charge in [0.1, 0.15) is 0 Å². The minimum atomic E-state index is 0.908. The Kier molecular flexibility index (Phi) is 2.67. The summed E-state index contributed by atoms with van der Waals surface area (Å²) in [5.41, 5.74) is 4.93. The molecule has 4 aromatic rings. The lowest BCUT2D eigenvalue weighted by Gasteiger charge is -1.98. The number of halogens is 1. The molecule has 0 aliphatic carbocycles. The fraction of sp³-hybridized carbons (Fsp3) is 0.0588. The van der Waals surface area contributed by atoms with Gasteiger partial charge in [-0.3, -0.25) is 0 Å². The van der Waals surface area contributed by atoms with Crippen LogP contribution in [0.25, 0.3) is 21.8 Å². The van der Waals surface area contributed by atoms with Crippen molar-refractivity contribution in [3.05, 3.63) is 70.5 Å². The average Bonchev–Trinajstić information content (AvgIpc) is 3.03. The number of nitrogens with one attached hydrogen (secondary N) is 2. The number of aromatic nitrogens is 2. The Hall–Kier alpha value is -2.00. The van der Waals surface area contributed by atoms with Gasteiger partial charge in [-0.15, -0.1) is 0 Å². The highest BCUT2D eigenvalue weighted by atomic mass is 79.9. The first-order valence-electron chi connectivity index (χ1n) is 6.62. The van der Waals surface area contributed by atoms with Crippen LogP contribution in [-0.4, -0.2) is 9.97 Å². The molecule has 3 heteroatoms. The molecule has 20 heavy (non-hydrogen) atoms. The average molecular weight is 325 g/mol. The summed E-state index contributed by atoms with van der Waals surface area (Å²) in [6.07, 6.45) is 3.01. The van der Waals surface area contributed by atoms with Gasteiger partial charge in [-0.2, -0.15) is 0 Å². The van der Waals surface area contributed by atoms with Crippen molar-refractivity contribution < 1.29 is 0 Å². The summed E-state index contributed by atoms with van der Waals surface area (Å²) in [5.74, 6) is 0. The van der Waals surface area contributed by atoms with E-state index < -0.39 is 0 Å². The predicted molar refractivity (Wildman–Crippen MR) is 87.1 cm³/mol. The van der Waals surface area contributed by atoms with Crippen LogP contribution in [0.2, 0.25) is 0 Å². The Morgan fingerprint density at radius 3 is 2.75 bits per heavy atom. The van der Waals surface area contributed by atoms with E-state index in [-0.39, 0.29) is 0 Å². The van der Waals surface area contributed by atoms with E-state index in [2.05, 4.69) is 80.6 Å². The summed E-state index contributed by atoms with van der Waals surface area (Å²) in [7, 11) is 0. The number of aromatic amines is 2. The molecule has 0 unspecified atom stereocenters. The van der Waals surface area contributed by atoms with Crippen LogP contribution < -0.4 is 0 Å². The van der Waals surface area contributed by atoms with Crippen molar-refractivity contribution in [2.45, 2.75) is 6.42 Å². The lowest BCUT2D eigenvalue weighted by atomic mass is 10.1. The van der Waals surface area contributed by atoms with Crippen LogP contribution >= 0.6 is 15.9 Å². The number of rotatable bonds is 2. The van der Waals surface area contributed by atoms with E-state index in [0.29, 0.717) is 0 Å². The van der Waals surface area contributed by atoms with Gasteiger partial charge in [-0.05, 0) is 41.3 Å². The number of hydrogen-bond donors (Lipinski definition) is 2. The Balaban J connectivity index is 1.78. The van der Waals surface area contributed by atoms with E-state index >= 15 is 0 Å². The van der Waals surface area contributed by atoms with Crippen LogP contribution in [0, 0.1) is 0 Å². The van der Waals surface area contributed by atoms with Gasteiger partial charge < -0.3 is 9.97 Å². The van der Waals surface area contributed by atoms with Crippen molar-refractivity contribution in [1.29, 1.82) is 0 Å². The lowest BCUT2D eigenvalue weighted by Crippen LogP contribution is -1.86. The van der Waals surface area contributed by atoms with Crippen molar-refractivity contribution in [2.75, 3.05) is 0 Å². The van der Waals surface area contributed by atoms with Crippen LogP contribution in [0.5, 0.6) is 0 Å². The molecule has 0 radical (unpaired) electrons. The minimum absolute atomic E-state index is 0.908. The van der Waals surface area contributed by atoms with Gasteiger partial charge in [0, 0.05) is 39.2 Å². The SMILES string of the molecule is Brc1ccc2[nH]cc(Cc3cc4ccccc4[nH]3)c2c1. The van der Waals surface area contributed by atoms with Crippen LogP contribution in [0.15, 0.2) is 59.2 Å². The highest BCUT2D eigenvalue weighted by Gasteiger charge is 2.07. The topological polar surface area (TPSA) is 31.6 Å². The van der Waals surface area contributed by atoms with E-state index in [4.69, 9.17) is 0 Å². The largest absolute Gasteiger partial charge is 0.361 e. The van der Waals surface area contributed by atoms with E-state index in [1.165, 1.54) is 33.1 Å². The number of para-hydroxylation sites is 1. The zero-order chi connectivity index (χ0) is 13.5. The lowest BCUT2D eigenvalue weighted by molar-refractivity contribution is 1.13. The molecule has 0 spiro atoms. The second-order valence-electron chi connectivity index (χ2n) is 5.06. The van der Waals surface area contributed by atoms with Crippen molar-refractivity contribution >= 4 is 37.7 Å². The van der Waals surface area contributed by atoms with Crippen molar-refractivity contribution in [3.63, 3.8) is 0 Å². The molecule has 0 aliphatic rings. The molecule has 98 valence electrons. The molecule has 2 aromatic carbocycles. The molecular weight excluding hydrogens is 312 g/mol. The molecule has 2 heterocycles. The highest BCUT2D eigenvalue weighted by molar-refractivity contribution is 9.10. The van der Waals surface area contributed by atoms with Gasteiger partial charge in [0.2, 0.25) is 0 Å². The fourth-order valence-electron chi connectivity index (χ4n) is 2.73. The van der Waals surface area contributed by atoms with Gasteiger partial charge in [0.05, 0.1) is 0 Å². The van der Waals surface area contributed by atoms with Gasteiger partial charge in [-0.25, -0.2) is 0 Å². The molecule has 0 amide bonds. The van der Waals surface area contributed by atoms with E-state index in [0.717, 1.165) is 10.9 Å². The van der Waals surface area contributed by atoms with Crippen LogP contribution in [0.4, 0.5) is 0 Å². The highest BCUT2D eigenvalue weighted by Crippen LogP contribution is 2.25. The summed E-state index contributed by atoms with van der Waals surface area (Å²) in [5, 5.41) is 2.54. The predicted octanol–water partition coefficient (Wildman–Crippen LogP) is 5.00. The van der Waals surface area contributed by atoms with E-state index in [9.17, 15) is 0 Å². The van der Waals surface area contributed by atoms with Crippen molar-refractivity contribution in [2.24, 2.45) is 0 Å². The Morgan fingerprint density at radius 2 is 1.85 bits per heavy atom. The zero-order valence-corrected chi connectivity index (χ0v) is 12.4. The Bertz CT molecular complexity index is 869. The molecule has 0 saturated carbocycles. The standard InChI is InChI=1S/C17H13BrN2/c18-13-5-6-17-15(9-13)12(10-19-17)8-14-7-11-3-1-2-4-16(11)20-14/h1-7,9-10,19-20H,8H2. The van der Waals surface area contributed by atoms with Gasteiger partial charge in [0.15, 0.2) is 0 Å². The third-order valence-corrected chi connectivity index (χ3v) is 4.19. The summed E-state index contributed by atoms with van der Waals surface area (Å²) in [6, 6.07) is 17.0. The van der Waals surface area contributed by atoms with E-state index in [1.807, 2.05) is 0 Å². The molecule has 0 bridgehead atoms. The summed E-state index contributed by atoms with van der Waals surface area (Å²) in [6.45, 7) is 0. The molecule has 0 saturated heterocycles. The second-order valence-corrected chi connectivity index (χ2v) is 5.98. The summed E-state index contributed by atoms with van der Waals surface area (Å²) in [4.78, 5) is 6.82. The maximum atomic E-state index is 3.54. The molecule has 2 nitrogen and oxygen atoms in total. The minimum Gasteiger partial charge on any atom is -0.361 e. The van der Waals surface area contributed by atoms with Gasteiger partial charge >= 0.3 is 0 Å². The number of benzene rings is 2. The summed E-state index contributed by atoms with van der Waals surface area (Å²) >= 11 is 3.54. The number of fused-ring (bicyclic) bond motifs is 2. The first-order chi connectivity index (χ1) is 9.79. The van der Waals surface area contributed by atoms with Gasteiger partial charge in [-0.1, -0.05) is 34.1 Å². The Labute approximate surface area is 125 Å². The summed E-state index contributed by atoms with van der Waals surface area (Å²) < 4.78 is 1.11. The Morgan fingerprint density at radius 1 is 0.950 bits per heavy atom. The first kappa shape index (κ1) is 11.8. The molecule has 0 aliphatic heterocycles. The monoisotopic (exact) mass is 324 g/mol. The molecule has 0 fully saturated rings. The molecular formula is C17H13BrN2. The zero-order valence-electron chi connectivity index (χ0n) is 10.8. The third-order valence-electron chi connectivity index (χ3n) is 3.70. The fourth-order valence-corrected chi connectivity index (χ4v) is 3.09. The second kappa shape index (κ2) is 4.53. The first-order valence-corrected chi connectivity index (χ1v) is 7.41. The number of H-pyrrole nitrogens is 2. The van der Waals surface area contributed by atoms with E-state index in [1.54, 1.807) is 0 Å². The molecule has 0 atom stereocenters. The van der Waals surface area contributed by atoms with Crippen LogP contribution in [0.1, 0.15) is 11.3 Å². The molecule has 2 N–H and O–H groups in total. The van der Waals surface area contributed by atoms with Crippen molar-refractivity contribution in [3.8, 4) is 0 Å². The number of hydrogen-bond acceptors (Lipinski definition) is 0.